The maximum Gasteiger partial charge on any atom is 0.119 e. The van der Waals surface area contributed by atoms with Crippen LogP contribution in [-0.2, 0) is 11.3 Å². The number of nitrogens with one attached hydrogen (secondary N) is 1. The summed E-state index contributed by atoms with van der Waals surface area (Å²) in [5, 5.41) is 23.7. The highest BCUT2D eigenvalue weighted by Crippen LogP contribution is 2.26. The number of carbonyl (C=O) groups is 1. The molecule has 28 heavy (non-hydrogen) atoms. The van der Waals surface area contributed by atoms with Crippen LogP contribution in [0.3, 0.4) is 0 Å². The molecule has 0 aliphatic carbocycles. The topological polar surface area (TPSA) is 103 Å². The number of carboxylic acid groups (broad SMARTS) is 1. The first kappa shape index (κ1) is 19.0. The van der Waals surface area contributed by atoms with Crippen LogP contribution in [0.5, 0.6) is 5.75 Å². The van der Waals surface area contributed by atoms with E-state index in [0.29, 0.717) is 35.7 Å². The third kappa shape index (κ3) is 4.68. The highest BCUT2D eigenvalue weighted by atomic mass is 16.5. The van der Waals surface area contributed by atoms with Crippen molar-refractivity contribution in [3.05, 3.63) is 77.9 Å². The fourth-order valence-corrected chi connectivity index (χ4v) is 2.87. The van der Waals surface area contributed by atoms with Crippen molar-refractivity contribution in [3.8, 4) is 11.8 Å². The Hall–Kier alpha value is -3.79. The third-order valence-electron chi connectivity index (χ3n) is 4.12. The van der Waals surface area contributed by atoms with Gasteiger partial charge in [-0.3, -0.25) is 0 Å². The second-order valence-electron chi connectivity index (χ2n) is 6.16. The Balaban J connectivity index is 1.92. The van der Waals surface area contributed by atoms with Gasteiger partial charge in [-0.2, -0.15) is 5.26 Å². The Bertz CT molecular complexity index is 976. The Morgan fingerprint density at radius 2 is 2.11 bits per heavy atom. The quantitative estimate of drug-likeness (QED) is 0.647. The number of ether oxygens (including phenoxy) is 1. The number of carboxylic acids is 1. The lowest BCUT2D eigenvalue weighted by molar-refractivity contribution is -0.307. The summed E-state index contributed by atoms with van der Waals surface area (Å²) in [6.45, 7) is 2.87. The first-order valence-electron chi connectivity index (χ1n) is 8.79. The van der Waals surface area contributed by atoms with Crippen molar-refractivity contribution in [1.29, 1.82) is 5.26 Å². The van der Waals surface area contributed by atoms with Crippen molar-refractivity contribution in [3.63, 3.8) is 0 Å². The van der Waals surface area contributed by atoms with E-state index in [1.54, 1.807) is 48.9 Å². The standard InChI is InChI=1S/C21H20N4O3/c1-2-28-19-10-16(13-25-8-7-23-14-25)9-17(11-19)20(21(26)27)24-18-5-3-15(12-22)4-6-18/h3-11,14,20,24H,2,13H2,1H3,(H,26,27)/p-1. The second kappa shape index (κ2) is 8.73. The lowest BCUT2D eigenvalue weighted by atomic mass is 10.0. The van der Waals surface area contributed by atoms with E-state index < -0.39 is 12.0 Å². The van der Waals surface area contributed by atoms with E-state index in [-0.39, 0.29) is 0 Å². The van der Waals surface area contributed by atoms with E-state index in [4.69, 9.17) is 10.00 Å². The molecular formula is C21H19N4O3-. The van der Waals surface area contributed by atoms with Crippen molar-refractivity contribution >= 4 is 11.7 Å². The lowest BCUT2D eigenvalue weighted by Crippen LogP contribution is -2.34. The molecule has 0 radical (unpaired) electrons. The molecule has 2 aromatic carbocycles. The molecule has 0 amide bonds. The van der Waals surface area contributed by atoms with E-state index in [1.807, 2.05) is 29.8 Å². The number of benzene rings is 2. The summed E-state index contributed by atoms with van der Waals surface area (Å²) < 4.78 is 7.50. The minimum Gasteiger partial charge on any atom is -0.548 e. The molecule has 1 atom stereocenters. The van der Waals surface area contributed by atoms with Crippen molar-refractivity contribution < 1.29 is 14.6 Å². The van der Waals surface area contributed by atoms with Crippen molar-refractivity contribution in [1.82, 2.24) is 9.55 Å². The maximum absolute atomic E-state index is 11.8. The number of carbonyl (C=O) groups excluding carboxylic acids is 1. The van der Waals surface area contributed by atoms with Crippen LogP contribution in [0.2, 0.25) is 0 Å². The molecule has 3 aromatic rings. The molecular weight excluding hydrogens is 356 g/mol. The Morgan fingerprint density at radius 3 is 2.71 bits per heavy atom. The van der Waals surface area contributed by atoms with Crippen LogP contribution in [0.1, 0.15) is 29.7 Å². The first-order valence-corrected chi connectivity index (χ1v) is 8.79. The van der Waals surface area contributed by atoms with E-state index in [0.717, 1.165) is 5.56 Å². The van der Waals surface area contributed by atoms with E-state index in [2.05, 4.69) is 10.3 Å². The first-order chi connectivity index (χ1) is 13.6. The number of aromatic nitrogens is 2. The van der Waals surface area contributed by atoms with E-state index in [9.17, 15) is 9.90 Å². The van der Waals surface area contributed by atoms with Gasteiger partial charge in [0.2, 0.25) is 0 Å². The molecule has 1 unspecified atom stereocenters. The van der Waals surface area contributed by atoms with Gasteiger partial charge in [0.15, 0.2) is 0 Å². The zero-order valence-corrected chi connectivity index (χ0v) is 15.3. The fourth-order valence-electron chi connectivity index (χ4n) is 2.87. The van der Waals surface area contributed by atoms with Crippen LogP contribution in [0.15, 0.2) is 61.2 Å². The Labute approximate surface area is 162 Å². The molecule has 0 saturated carbocycles. The third-order valence-corrected chi connectivity index (χ3v) is 4.12. The number of imidazole rings is 1. The highest BCUT2D eigenvalue weighted by molar-refractivity contribution is 5.78. The van der Waals surface area contributed by atoms with Gasteiger partial charge in [0.25, 0.3) is 0 Å². The zero-order valence-electron chi connectivity index (χ0n) is 15.3. The largest absolute Gasteiger partial charge is 0.548 e. The molecule has 0 aliphatic heterocycles. The summed E-state index contributed by atoms with van der Waals surface area (Å²) in [5.41, 5.74) is 2.47. The summed E-state index contributed by atoms with van der Waals surface area (Å²) in [6, 6.07) is 12.9. The van der Waals surface area contributed by atoms with Gasteiger partial charge in [-0.15, -0.1) is 0 Å². The summed E-state index contributed by atoms with van der Waals surface area (Å²) in [6.07, 6.45) is 5.21. The van der Waals surface area contributed by atoms with E-state index >= 15 is 0 Å². The molecule has 3 rings (SSSR count). The predicted molar refractivity (Wildman–Crippen MR) is 101 cm³/mol. The van der Waals surface area contributed by atoms with Gasteiger partial charge < -0.3 is 24.5 Å². The van der Waals surface area contributed by atoms with Crippen molar-refractivity contribution in [2.24, 2.45) is 0 Å². The summed E-state index contributed by atoms with van der Waals surface area (Å²) in [7, 11) is 0. The minimum absolute atomic E-state index is 0.465. The average molecular weight is 375 g/mol. The highest BCUT2D eigenvalue weighted by Gasteiger charge is 2.15. The van der Waals surface area contributed by atoms with Gasteiger partial charge in [-0.05, 0) is 54.4 Å². The van der Waals surface area contributed by atoms with Crippen LogP contribution in [0, 0.1) is 11.3 Å². The Morgan fingerprint density at radius 1 is 1.32 bits per heavy atom. The SMILES string of the molecule is CCOc1cc(Cn2ccnc2)cc(C(Nc2ccc(C#N)cc2)C(=O)[O-])c1. The number of hydrogen-bond donors (Lipinski definition) is 1. The van der Waals surface area contributed by atoms with Gasteiger partial charge in [0, 0.05) is 24.6 Å². The second-order valence-corrected chi connectivity index (χ2v) is 6.16. The predicted octanol–water partition coefficient (Wildman–Crippen LogP) is 2.10. The molecule has 7 heteroatoms. The maximum atomic E-state index is 11.8. The number of anilines is 1. The number of rotatable bonds is 8. The van der Waals surface area contributed by atoms with Gasteiger partial charge in [-0.1, -0.05) is 6.07 Å². The molecule has 1 heterocycles. The fraction of sp³-hybridized carbons (Fsp3) is 0.190. The molecule has 0 fully saturated rings. The molecule has 0 bridgehead atoms. The van der Waals surface area contributed by atoms with Crippen LogP contribution < -0.4 is 15.2 Å². The van der Waals surface area contributed by atoms with Crippen LogP contribution >= 0.6 is 0 Å². The smallest absolute Gasteiger partial charge is 0.119 e. The van der Waals surface area contributed by atoms with Gasteiger partial charge in [-0.25, -0.2) is 4.98 Å². The molecule has 0 aliphatic rings. The Kier molecular flexibility index (Phi) is 5.92. The lowest BCUT2D eigenvalue weighted by Gasteiger charge is -2.23. The number of nitriles is 1. The molecule has 1 aromatic heterocycles. The normalized spacial score (nSPS) is 11.4. The van der Waals surface area contributed by atoms with E-state index in [1.165, 1.54) is 0 Å². The molecule has 7 nitrogen and oxygen atoms in total. The van der Waals surface area contributed by atoms with Crippen LogP contribution in [0.4, 0.5) is 5.69 Å². The van der Waals surface area contributed by atoms with Crippen molar-refractivity contribution in [2.75, 3.05) is 11.9 Å². The zero-order chi connectivity index (χ0) is 19.9. The van der Waals surface area contributed by atoms with Gasteiger partial charge >= 0.3 is 0 Å². The van der Waals surface area contributed by atoms with Crippen LogP contribution in [0.25, 0.3) is 0 Å². The summed E-state index contributed by atoms with van der Waals surface area (Å²) >= 11 is 0. The average Bonchev–Trinajstić information content (AvgIpc) is 3.19. The molecule has 1 N–H and O–H groups in total. The minimum atomic E-state index is -1.26. The summed E-state index contributed by atoms with van der Waals surface area (Å²) in [5.74, 6) is -0.672. The molecule has 0 spiro atoms. The number of hydrogen-bond acceptors (Lipinski definition) is 6. The molecule has 142 valence electrons. The number of nitrogens with zero attached hydrogens (tertiary/aromatic N) is 3. The van der Waals surface area contributed by atoms with Crippen LogP contribution in [-0.4, -0.2) is 22.1 Å². The summed E-state index contributed by atoms with van der Waals surface area (Å²) in [4.78, 5) is 15.9. The molecule has 0 saturated heterocycles. The van der Waals surface area contributed by atoms with Gasteiger partial charge in [0.1, 0.15) is 5.75 Å². The monoisotopic (exact) mass is 375 g/mol. The number of aliphatic carboxylic acids is 1. The van der Waals surface area contributed by atoms with Crippen molar-refractivity contribution in [2.45, 2.75) is 19.5 Å². The van der Waals surface area contributed by atoms with Gasteiger partial charge in [0.05, 0.1) is 36.6 Å².